The van der Waals surface area contributed by atoms with Crippen LogP contribution in [0.5, 0.6) is 0 Å². The molecule has 1 aromatic carbocycles. The van der Waals surface area contributed by atoms with Crippen molar-refractivity contribution in [3.63, 3.8) is 0 Å². The van der Waals surface area contributed by atoms with Crippen molar-refractivity contribution in [2.45, 2.75) is 17.5 Å². The number of rotatable bonds is 2. The van der Waals surface area contributed by atoms with Gasteiger partial charge in [0, 0.05) is 49.3 Å². The summed E-state index contributed by atoms with van der Waals surface area (Å²) in [6.07, 6.45) is -1.21. The van der Waals surface area contributed by atoms with Gasteiger partial charge in [-0.2, -0.15) is 22.5 Å². The molecule has 1 fully saturated rings. The Labute approximate surface area is 158 Å². The van der Waals surface area contributed by atoms with Crippen LogP contribution in [0.2, 0.25) is 0 Å². The van der Waals surface area contributed by atoms with Crippen molar-refractivity contribution in [3.05, 3.63) is 36.7 Å². The lowest BCUT2D eigenvalue weighted by atomic mass is 10.2. The molecule has 154 valence electrons. The molecule has 12 heteroatoms. The molecule has 1 aliphatic heterocycles. The van der Waals surface area contributed by atoms with Crippen LogP contribution in [0.25, 0.3) is 10.8 Å². The number of carbonyl (C=O) groups is 1. The highest BCUT2D eigenvalue weighted by Gasteiger charge is 2.38. The third-order valence-electron chi connectivity index (χ3n) is 3.93. The molecule has 0 atom stereocenters. The molecule has 0 spiro atoms. The first-order chi connectivity index (χ1) is 13.0. The third-order valence-corrected chi connectivity index (χ3v) is 5.89. The van der Waals surface area contributed by atoms with Crippen molar-refractivity contribution in [1.82, 2.24) is 14.4 Å². The van der Waals surface area contributed by atoms with Gasteiger partial charge in [-0.25, -0.2) is 13.2 Å². The molecule has 0 bridgehead atoms. The van der Waals surface area contributed by atoms with Crippen molar-refractivity contribution in [2.24, 2.45) is 0 Å². The second-order valence-corrected chi connectivity index (χ2v) is 7.77. The summed E-state index contributed by atoms with van der Waals surface area (Å²) in [5.41, 5.74) is 0. The van der Waals surface area contributed by atoms with Crippen molar-refractivity contribution in [1.29, 1.82) is 0 Å². The lowest BCUT2D eigenvalue weighted by molar-refractivity contribution is -0.192. The van der Waals surface area contributed by atoms with Gasteiger partial charge in [0.1, 0.15) is 0 Å². The van der Waals surface area contributed by atoms with Gasteiger partial charge >= 0.3 is 12.1 Å². The number of fused-ring (bicyclic) bond motifs is 1. The summed E-state index contributed by atoms with van der Waals surface area (Å²) in [4.78, 5) is 13.2. The zero-order valence-corrected chi connectivity index (χ0v) is 15.3. The summed E-state index contributed by atoms with van der Waals surface area (Å²) in [5.74, 6) is -2.76. The van der Waals surface area contributed by atoms with E-state index in [2.05, 4.69) is 4.98 Å². The monoisotopic (exact) mass is 421 g/mol. The number of nitrogens with zero attached hydrogens (tertiary/aromatic N) is 3. The highest BCUT2D eigenvalue weighted by molar-refractivity contribution is 7.89. The molecule has 0 saturated carbocycles. The van der Waals surface area contributed by atoms with Crippen LogP contribution in [0.1, 0.15) is 6.42 Å². The Morgan fingerprint density at radius 1 is 1.11 bits per heavy atom. The molecular weight excluding hydrogens is 403 g/mol. The first-order valence-corrected chi connectivity index (χ1v) is 9.54. The number of sulfonamides is 1. The SMILES string of the molecule is O=C(O)C(F)(F)F.O=S(=O)(c1cccc2cnccc12)N1CCCN(O)CC1. The predicted octanol–water partition coefficient (Wildman–Crippen LogP) is 1.95. The van der Waals surface area contributed by atoms with E-state index in [4.69, 9.17) is 9.90 Å². The summed E-state index contributed by atoms with van der Waals surface area (Å²) in [6.45, 7) is 1.53. The average molecular weight is 421 g/mol. The molecule has 2 N–H and O–H groups in total. The van der Waals surface area contributed by atoms with E-state index in [1.807, 2.05) is 6.07 Å². The number of pyridine rings is 1. The minimum atomic E-state index is -5.08. The van der Waals surface area contributed by atoms with Gasteiger partial charge in [0.05, 0.1) is 4.90 Å². The van der Waals surface area contributed by atoms with E-state index in [1.165, 1.54) is 9.37 Å². The van der Waals surface area contributed by atoms with Gasteiger partial charge < -0.3 is 10.3 Å². The molecule has 2 heterocycles. The Balaban J connectivity index is 0.000000345. The number of hydroxylamine groups is 2. The maximum Gasteiger partial charge on any atom is 0.490 e. The fourth-order valence-electron chi connectivity index (χ4n) is 2.58. The van der Waals surface area contributed by atoms with Gasteiger partial charge in [-0.1, -0.05) is 12.1 Å². The Bertz CT molecular complexity index is 931. The van der Waals surface area contributed by atoms with Crippen LogP contribution in [0.4, 0.5) is 13.2 Å². The van der Waals surface area contributed by atoms with Gasteiger partial charge in [-0.05, 0) is 18.6 Å². The third kappa shape index (κ3) is 5.38. The molecule has 28 heavy (non-hydrogen) atoms. The van der Waals surface area contributed by atoms with Crippen molar-refractivity contribution in [2.75, 3.05) is 26.2 Å². The summed E-state index contributed by atoms with van der Waals surface area (Å²) < 4.78 is 58.9. The largest absolute Gasteiger partial charge is 0.490 e. The minimum Gasteiger partial charge on any atom is -0.475 e. The Morgan fingerprint density at radius 3 is 2.43 bits per heavy atom. The molecule has 3 rings (SSSR count). The number of carboxylic acids is 1. The van der Waals surface area contributed by atoms with Gasteiger partial charge in [-0.3, -0.25) is 4.98 Å². The second kappa shape index (κ2) is 8.82. The standard InChI is InChI=1S/C14H17N3O3S.C2HF3O2/c18-16-7-2-8-17(10-9-16)21(19,20)14-4-1-3-12-11-15-6-5-13(12)14;3-2(4,5)1(6)7/h1,3-6,11,18H,2,7-10H2;(H,6,7). The first-order valence-electron chi connectivity index (χ1n) is 8.10. The molecule has 0 radical (unpaired) electrons. The van der Waals surface area contributed by atoms with E-state index >= 15 is 0 Å². The molecule has 8 nitrogen and oxygen atoms in total. The Hall–Kier alpha value is -2.28. The number of aliphatic carboxylic acids is 1. The van der Waals surface area contributed by atoms with Crippen LogP contribution in [0.3, 0.4) is 0 Å². The lowest BCUT2D eigenvalue weighted by Gasteiger charge is -2.20. The first kappa shape index (κ1) is 22.0. The molecule has 0 aliphatic carbocycles. The fraction of sp³-hybridized carbons (Fsp3) is 0.375. The maximum absolute atomic E-state index is 12.9. The molecule has 1 aromatic heterocycles. The zero-order valence-electron chi connectivity index (χ0n) is 14.5. The quantitative estimate of drug-likeness (QED) is 0.763. The van der Waals surface area contributed by atoms with E-state index in [0.717, 1.165) is 5.39 Å². The lowest BCUT2D eigenvalue weighted by Crippen LogP contribution is -2.34. The van der Waals surface area contributed by atoms with Crippen LogP contribution in [0, 0.1) is 0 Å². The molecule has 1 aliphatic rings. The summed E-state index contributed by atoms with van der Waals surface area (Å²) in [5, 5.41) is 19.3. The number of carboxylic acid groups (broad SMARTS) is 1. The van der Waals surface area contributed by atoms with Crippen LogP contribution in [0.15, 0.2) is 41.6 Å². The summed E-state index contributed by atoms with van der Waals surface area (Å²) in [7, 11) is -3.57. The van der Waals surface area contributed by atoms with Crippen molar-refractivity contribution < 1.29 is 36.7 Å². The number of hydrogen-bond donors (Lipinski definition) is 2. The number of halogens is 3. The van der Waals surface area contributed by atoms with Crippen LogP contribution in [-0.2, 0) is 14.8 Å². The van der Waals surface area contributed by atoms with E-state index < -0.39 is 22.2 Å². The van der Waals surface area contributed by atoms with Gasteiger partial charge in [0.15, 0.2) is 0 Å². The highest BCUT2D eigenvalue weighted by atomic mass is 32.2. The normalized spacial score (nSPS) is 16.9. The topological polar surface area (TPSA) is 111 Å². The highest BCUT2D eigenvalue weighted by Crippen LogP contribution is 2.25. The number of hydrogen-bond acceptors (Lipinski definition) is 6. The number of aromatic nitrogens is 1. The van der Waals surface area contributed by atoms with E-state index in [-0.39, 0.29) is 0 Å². The number of benzene rings is 1. The molecule has 2 aromatic rings. The second-order valence-electron chi connectivity index (χ2n) is 5.87. The Morgan fingerprint density at radius 2 is 1.79 bits per heavy atom. The zero-order chi connectivity index (χ0) is 20.9. The molecule has 0 unspecified atom stereocenters. The fourth-order valence-corrected chi connectivity index (χ4v) is 4.26. The van der Waals surface area contributed by atoms with Gasteiger partial charge in [0.25, 0.3) is 0 Å². The van der Waals surface area contributed by atoms with Crippen molar-refractivity contribution in [3.8, 4) is 0 Å². The van der Waals surface area contributed by atoms with Crippen LogP contribution < -0.4 is 0 Å². The van der Waals surface area contributed by atoms with E-state index in [1.54, 1.807) is 30.6 Å². The molecule has 0 amide bonds. The molecular formula is C16H18F3N3O5S. The van der Waals surface area contributed by atoms with Gasteiger partial charge in [-0.15, -0.1) is 0 Å². The van der Waals surface area contributed by atoms with Crippen molar-refractivity contribution >= 4 is 26.8 Å². The molecule has 1 saturated heterocycles. The average Bonchev–Trinajstić information content (AvgIpc) is 2.86. The summed E-state index contributed by atoms with van der Waals surface area (Å²) >= 11 is 0. The van der Waals surface area contributed by atoms with E-state index in [9.17, 15) is 26.8 Å². The summed E-state index contributed by atoms with van der Waals surface area (Å²) in [6, 6.07) is 6.92. The van der Waals surface area contributed by atoms with Crippen LogP contribution >= 0.6 is 0 Å². The predicted molar refractivity (Wildman–Crippen MR) is 92.2 cm³/mol. The van der Waals surface area contributed by atoms with Gasteiger partial charge in [0.2, 0.25) is 10.0 Å². The number of alkyl halides is 3. The minimum absolute atomic E-state index is 0.292. The maximum atomic E-state index is 12.9. The smallest absolute Gasteiger partial charge is 0.475 e. The Kier molecular flexibility index (Phi) is 6.93. The van der Waals surface area contributed by atoms with Crippen LogP contribution in [-0.4, -0.2) is 71.4 Å². The van der Waals surface area contributed by atoms with E-state index in [0.29, 0.717) is 42.9 Å².